The molecule has 0 saturated heterocycles. The Labute approximate surface area is 126 Å². The third-order valence-electron chi connectivity index (χ3n) is 3.44. The van der Waals surface area contributed by atoms with Gasteiger partial charge >= 0.3 is 0 Å². The molecule has 0 amide bonds. The summed E-state index contributed by atoms with van der Waals surface area (Å²) in [6.07, 6.45) is 0.468. The molecule has 2 aromatic rings. The van der Waals surface area contributed by atoms with E-state index >= 15 is 0 Å². The Morgan fingerprint density at radius 1 is 1.00 bits per heavy atom. The standard InChI is InChI=1S/C18H21ClO/c1-12(2)10-14-4-6-15(7-5-14)18(20)16-8-9-17(19)13(3)11-16/h4-9,11-12,18,20H,10H2,1-3H3. The molecule has 0 saturated carbocycles. The van der Waals surface area contributed by atoms with Gasteiger partial charge in [-0.25, -0.2) is 0 Å². The van der Waals surface area contributed by atoms with E-state index in [0.717, 1.165) is 28.1 Å². The van der Waals surface area contributed by atoms with Crippen LogP contribution < -0.4 is 0 Å². The lowest BCUT2D eigenvalue weighted by Crippen LogP contribution is -2.01. The van der Waals surface area contributed by atoms with Crippen LogP contribution >= 0.6 is 11.6 Å². The molecule has 20 heavy (non-hydrogen) atoms. The Balaban J connectivity index is 2.20. The van der Waals surface area contributed by atoms with Gasteiger partial charge in [0, 0.05) is 5.02 Å². The second-order valence-corrected chi connectivity index (χ2v) is 6.16. The van der Waals surface area contributed by atoms with E-state index in [1.165, 1.54) is 5.56 Å². The summed E-state index contributed by atoms with van der Waals surface area (Å²) in [4.78, 5) is 0. The van der Waals surface area contributed by atoms with Gasteiger partial charge in [-0.15, -0.1) is 0 Å². The van der Waals surface area contributed by atoms with Gasteiger partial charge in [0.05, 0.1) is 0 Å². The number of hydrogen-bond acceptors (Lipinski definition) is 1. The lowest BCUT2D eigenvalue weighted by molar-refractivity contribution is 0.220. The first kappa shape index (κ1) is 15.1. The zero-order chi connectivity index (χ0) is 14.7. The van der Waals surface area contributed by atoms with Crippen molar-refractivity contribution in [3.8, 4) is 0 Å². The van der Waals surface area contributed by atoms with Gasteiger partial charge in [-0.1, -0.05) is 61.8 Å². The van der Waals surface area contributed by atoms with Crippen LogP contribution in [0.2, 0.25) is 5.02 Å². The monoisotopic (exact) mass is 288 g/mol. The van der Waals surface area contributed by atoms with Crippen LogP contribution in [0.15, 0.2) is 42.5 Å². The van der Waals surface area contributed by atoms with Gasteiger partial charge in [-0.05, 0) is 47.6 Å². The maximum Gasteiger partial charge on any atom is 0.104 e. The molecule has 2 rings (SSSR count). The summed E-state index contributed by atoms with van der Waals surface area (Å²) in [5.41, 5.74) is 4.09. The Bertz CT molecular complexity index is 572. The highest BCUT2D eigenvalue weighted by Crippen LogP contribution is 2.26. The SMILES string of the molecule is Cc1cc(C(O)c2ccc(CC(C)C)cc2)ccc1Cl. The Hall–Kier alpha value is -1.31. The minimum atomic E-state index is -0.598. The van der Waals surface area contributed by atoms with Gasteiger partial charge in [0.25, 0.3) is 0 Å². The fraction of sp³-hybridized carbons (Fsp3) is 0.333. The van der Waals surface area contributed by atoms with Crippen molar-refractivity contribution in [2.75, 3.05) is 0 Å². The smallest absolute Gasteiger partial charge is 0.104 e. The summed E-state index contributed by atoms with van der Waals surface area (Å²) >= 11 is 6.02. The average molecular weight is 289 g/mol. The zero-order valence-corrected chi connectivity index (χ0v) is 13.0. The van der Waals surface area contributed by atoms with Crippen LogP contribution in [-0.2, 0) is 6.42 Å². The third kappa shape index (κ3) is 3.62. The molecule has 2 heteroatoms. The first-order valence-electron chi connectivity index (χ1n) is 7.00. The molecule has 0 aromatic heterocycles. The fourth-order valence-corrected chi connectivity index (χ4v) is 2.46. The van der Waals surface area contributed by atoms with Crippen LogP contribution in [0.25, 0.3) is 0 Å². The van der Waals surface area contributed by atoms with Gasteiger partial charge in [0.2, 0.25) is 0 Å². The lowest BCUT2D eigenvalue weighted by Gasteiger charge is -2.14. The van der Waals surface area contributed by atoms with E-state index < -0.39 is 6.10 Å². The van der Waals surface area contributed by atoms with Crippen molar-refractivity contribution in [2.45, 2.75) is 33.3 Å². The Morgan fingerprint density at radius 2 is 1.60 bits per heavy atom. The molecule has 0 aliphatic carbocycles. The predicted octanol–water partition coefficient (Wildman–Crippen LogP) is 4.93. The first-order chi connectivity index (χ1) is 9.47. The Kier molecular flexibility index (Phi) is 4.85. The number of aliphatic hydroxyl groups is 1. The van der Waals surface area contributed by atoms with Crippen molar-refractivity contribution in [3.63, 3.8) is 0 Å². The molecule has 1 N–H and O–H groups in total. The summed E-state index contributed by atoms with van der Waals surface area (Å²) in [6.45, 7) is 6.36. The van der Waals surface area contributed by atoms with Crippen molar-refractivity contribution < 1.29 is 5.11 Å². The summed E-state index contributed by atoms with van der Waals surface area (Å²) in [7, 11) is 0. The average Bonchev–Trinajstić information content (AvgIpc) is 2.41. The number of aryl methyl sites for hydroxylation is 1. The van der Waals surface area contributed by atoms with Gasteiger partial charge < -0.3 is 5.11 Å². The number of benzene rings is 2. The second-order valence-electron chi connectivity index (χ2n) is 5.75. The first-order valence-corrected chi connectivity index (χ1v) is 7.38. The topological polar surface area (TPSA) is 20.2 Å². The molecule has 0 aliphatic heterocycles. The predicted molar refractivity (Wildman–Crippen MR) is 85.2 cm³/mol. The zero-order valence-electron chi connectivity index (χ0n) is 12.2. The molecule has 1 nitrogen and oxygen atoms in total. The molecular formula is C18H21ClO. The number of halogens is 1. The van der Waals surface area contributed by atoms with E-state index in [0.29, 0.717) is 5.92 Å². The van der Waals surface area contributed by atoms with Gasteiger partial charge in [-0.3, -0.25) is 0 Å². The summed E-state index contributed by atoms with van der Waals surface area (Å²) in [5, 5.41) is 11.2. The molecular weight excluding hydrogens is 268 g/mol. The van der Waals surface area contributed by atoms with E-state index in [1.807, 2.05) is 37.3 Å². The van der Waals surface area contributed by atoms with Gasteiger partial charge in [0.1, 0.15) is 6.10 Å². The molecule has 0 spiro atoms. The second kappa shape index (κ2) is 6.43. The lowest BCUT2D eigenvalue weighted by atomic mass is 9.97. The quantitative estimate of drug-likeness (QED) is 0.846. The molecule has 2 aromatic carbocycles. The van der Waals surface area contributed by atoms with E-state index in [9.17, 15) is 5.11 Å². The van der Waals surface area contributed by atoms with Gasteiger partial charge in [-0.2, -0.15) is 0 Å². The van der Waals surface area contributed by atoms with Crippen LogP contribution in [0.1, 0.15) is 42.2 Å². The normalized spacial score (nSPS) is 12.7. The molecule has 0 heterocycles. The van der Waals surface area contributed by atoms with Crippen LogP contribution in [-0.4, -0.2) is 5.11 Å². The maximum atomic E-state index is 10.4. The molecule has 0 radical (unpaired) electrons. The van der Waals surface area contributed by atoms with E-state index in [2.05, 4.69) is 26.0 Å². The van der Waals surface area contributed by atoms with E-state index in [4.69, 9.17) is 11.6 Å². The number of aliphatic hydroxyl groups excluding tert-OH is 1. The molecule has 1 unspecified atom stereocenters. The molecule has 0 bridgehead atoms. The van der Waals surface area contributed by atoms with Crippen molar-refractivity contribution in [1.29, 1.82) is 0 Å². The van der Waals surface area contributed by atoms with Crippen molar-refractivity contribution >= 4 is 11.6 Å². The van der Waals surface area contributed by atoms with E-state index in [-0.39, 0.29) is 0 Å². The fourth-order valence-electron chi connectivity index (χ4n) is 2.34. The highest BCUT2D eigenvalue weighted by atomic mass is 35.5. The summed E-state index contributed by atoms with van der Waals surface area (Å²) in [5.74, 6) is 0.643. The summed E-state index contributed by atoms with van der Waals surface area (Å²) in [6, 6.07) is 13.9. The molecule has 1 atom stereocenters. The molecule has 106 valence electrons. The van der Waals surface area contributed by atoms with Crippen LogP contribution in [0, 0.1) is 12.8 Å². The van der Waals surface area contributed by atoms with Crippen LogP contribution in [0.4, 0.5) is 0 Å². The van der Waals surface area contributed by atoms with E-state index in [1.54, 1.807) is 0 Å². The number of hydrogen-bond donors (Lipinski definition) is 1. The maximum absolute atomic E-state index is 10.4. The highest BCUT2D eigenvalue weighted by Gasteiger charge is 2.11. The van der Waals surface area contributed by atoms with Crippen molar-refractivity contribution in [3.05, 3.63) is 69.7 Å². The minimum absolute atomic E-state index is 0.598. The van der Waals surface area contributed by atoms with Crippen LogP contribution in [0.5, 0.6) is 0 Å². The van der Waals surface area contributed by atoms with Crippen LogP contribution in [0.3, 0.4) is 0 Å². The van der Waals surface area contributed by atoms with Crippen molar-refractivity contribution in [1.82, 2.24) is 0 Å². The highest BCUT2D eigenvalue weighted by molar-refractivity contribution is 6.31. The Morgan fingerprint density at radius 3 is 2.15 bits per heavy atom. The largest absolute Gasteiger partial charge is 0.384 e. The van der Waals surface area contributed by atoms with Crippen molar-refractivity contribution in [2.24, 2.45) is 5.92 Å². The third-order valence-corrected chi connectivity index (χ3v) is 3.86. The number of rotatable bonds is 4. The molecule has 0 aliphatic rings. The van der Waals surface area contributed by atoms with Gasteiger partial charge in [0.15, 0.2) is 0 Å². The molecule has 0 fully saturated rings. The summed E-state index contributed by atoms with van der Waals surface area (Å²) < 4.78 is 0. The minimum Gasteiger partial charge on any atom is -0.384 e.